The number of aromatic amines is 1. The van der Waals surface area contributed by atoms with Crippen molar-refractivity contribution in [3.63, 3.8) is 0 Å². The highest BCUT2D eigenvalue weighted by molar-refractivity contribution is 6.05. The van der Waals surface area contributed by atoms with E-state index in [9.17, 15) is 14.4 Å². The molecule has 1 N–H and O–H groups in total. The van der Waals surface area contributed by atoms with Crippen LogP contribution < -0.4 is 11.2 Å². The van der Waals surface area contributed by atoms with Crippen molar-refractivity contribution in [1.29, 1.82) is 0 Å². The Balaban J connectivity index is 1.78. The minimum atomic E-state index is -0.506. The second kappa shape index (κ2) is 7.14. The predicted octanol–water partition coefficient (Wildman–Crippen LogP) is 1.95. The summed E-state index contributed by atoms with van der Waals surface area (Å²) in [6.07, 6.45) is 3.73. The highest BCUT2D eigenvalue weighted by Crippen LogP contribution is 2.21. The number of aromatic nitrogens is 3. The number of piperidine rings is 1. The van der Waals surface area contributed by atoms with Crippen molar-refractivity contribution in [1.82, 2.24) is 19.0 Å². The Morgan fingerprint density at radius 1 is 1.21 bits per heavy atom. The molecule has 3 heterocycles. The lowest BCUT2D eigenvalue weighted by Crippen LogP contribution is -2.39. The molecular formula is C21H24N4O3. The van der Waals surface area contributed by atoms with Gasteiger partial charge in [-0.1, -0.05) is 37.3 Å². The van der Waals surface area contributed by atoms with E-state index in [2.05, 4.69) is 11.9 Å². The molecule has 1 atom stereocenters. The van der Waals surface area contributed by atoms with Crippen molar-refractivity contribution >= 4 is 16.9 Å². The first-order valence-electron chi connectivity index (χ1n) is 9.61. The van der Waals surface area contributed by atoms with Crippen molar-refractivity contribution in [2.45, 2.75) is 26.3 Å². The highest BCUT2D eigenvalue weighted by atomic mass is 16.2. The van der Waals surface area contributed by atoms with Crippen molar-refractivity contribution < 1.29 is 4.79 Å². The van der Waals surface area contributed by atoms with Gasteiger partial charge in [-0.2, -0.15) is 0 Å². The Bertz CT molecular complexity index is 1140. The molecule has 1 saturated heterocycles. The second-order valence-electron chi connectivity index (χ2n) is 7.68. The van der Waals surface area contributed by atoms with E-state index in [1.807, 2.05) is 35.2 Å². The largest absolute Gasteiger partial charge is 0.344 e. The van der Waals surface area contributed by atoms with Gasteiger partial charge < -0.3 is 14.5 Å². The van der Waals surface area contributed by atoms with Crippen LogP contribution in [0, 0.1) is 5.92 Å². The van der Waals surface area contributed by atoms with Crippen LogP contribution in [0.5, 0.6) is 0 Å². The van der Waals surface area contributed by atoms with E-state index < -0.39 is 11.2 Å². The van der Waals surface area contributed by atoms with Gasteiger partial charge in [0.25, 0.3) is 11.5 Å². The molecule has 1 aliphatic heterocycles. The molecule has 28 heavy (non-hydrogen) atoms. The lowest BCUT2D eigenvalue weighted by Gasteiger charge is -2.30. The Hall–Kier alpha value is -3.09. The van der Waals surface area contributed by atoms with Crippen LogP contribution in [0.1, 0.15) is 35.7 Å². The number of carbonyl (C=O) groups excluding carboxylic acids is 1. The molecule has 3 aromatic rings. The Kier molecular flexibility index (Phi) is 4.66. The maximum Gasteiger partial charge on any atom is 0.329 e. The van der Waals surface area contributed by atoms with E-state index in [1.165, 1.54) is 4.57 Å². The zero-order valence-electron chi connectivity index (χ0n) is 16.1. The summed E-state index contributed by atoms with van der Waals surface area (Å²) in [5, 5.41) is 0. The van der Waals surface area contributed by atoms with Gasteiger partial charge in [-0.05, 0) is 24.3 Å². The zero-order valence-corrected chi connectivity index (χ0v) is 16.1. The summed E-state index contributed by atoms with van der Waals surface area (Å²) < 4.78 is 2.81. The summed E-state index contributed by atoms with van der Waals surface area (Å²) in [6.45, 7) is 3.72. The van der Waals surface area contributed by atoms with E-state index in [1.54, 1.807) is 17.8 Å². The maximum atomic E-state index is 13.1. The number of H-pyrrole nitrogens is 1. The first kappa shape index (κ1) is 18.3. The van der Waals surface area contributed by atoms with Gasteiger partial charge in [0.2, 0.25) is 0 Å². The van der Waals surface area contributed by atoms with E-state index in [0.717, 1.165) is 18.4 Å². The monoisotopic (exact) mass is 380 g/mol. The van der Waals surface area contributed by atoms with Crippen LogP contribution in [0.4, 0.5) is 0 Å². The molecule has 0 bridgehead atoms. The van der Waals surface area contributed by atoms with Crippen LogP contribution in [0.3, 0.4) is 0 Å². The first-order chi connectivity index (χ1) is 13.5. The molecule has 1 aromatic carbocycles. The number of rotatable bonds is 3. The number of nitrogens with zero attached hydrogens (tertiary/aromatic N) is 3. The van der Waals surface area contributed by atoms with Gasteiger partial charge in [0.15, 0.2) is 0 Å². The van der Waals surface area contributed by atoms with Gasteiger partial charge in [0, 0.05) is 26.3 Å². The topological polar surface area (TPSA) is 80.1 Å². The maximum absolute atomic E-state index is 13.1. The molecule has 4 rings (SSSR count). The SMILES string of the molecule is C[C@@H]1CCCN(C(=O)c2cn(C)c3c(=O)n(Cc4ccccc4)c(=O)[nH]c23)C1. The fourth-order valence-corrected chi connectivity index (χ4v) is 4.02. The smallest absolute Gasteiger partial charge is 0.329 e. The summed E-state index contributed by atoms with van der Waals surface area (Å²) in [7, 11) is 1.73. The van der Waals surface area contributed by atoms with E-state index in [4.69, 9.17) is 0 Å². The van der Waals surface area contributed by atoms with Crippen LogP contribution >= 0.6 is 0 Å². The first-order valence-corrected chi connectivity index (χ1v) is 9.61. The fourth-order valence-electron chi connectivity index (χ4n) is 4.02. The molecule has 7 nitrogen and oxygen atoms in total. The van der Waals surface area contributed by atoms with Gasteiger partial charge in [0.05, 0.1) is 17.6 Å². The Morgan fingerprint density at radius 3 is 2.68 bits per heavy atom. The quantitative estimate of drug-likeness (QED) is 0.754. The molecule has 1 amide bonds. The average Bonchev–Trinajstić information content (AvgIpc) is 3.01. The van der Waals surface area contributed by atoms with Gasteiger partial charge >= 0.3 is 5.69 Å². The number of hydrogen-bond acceptors (Lipinski definition) is 3. The molecule has 1 aliphatic rings. The van der Waals surface area contributed by atoms with Gasteiger partial charge in [0.1, 0.15) is 5.52 Å². The molecule has 2 aromatic heterocycles. The normalized spacial score (nSPS) is 17.2. The summed E-state index contributed by atoms with van der Waals surface area (Å²) in [5.74, 6) is 0.322. The predicted molar refractivity (Wildman–Crippen MR) is 108 cm³/mol. The number of hydrogen-bond donors (Lipinski definition) is 1. The van der Waals surface area contributed by atoms with Gasteiger partial charge in [-0.25, -0.2) is 4.79 Å². The molecule has 0 aliphatic carbocycles. The molecule has 7 heteroatoms. The summed E-state index contributed by atoms with van der Waals surface area (Å²) in [5.41, 5.74) is 1.01. The van der Waals surface area contributed by atoms with Crippen LogP contribution in [0.15, 0.2) is 46.1 Å². The minimum absolute atomic E-state index is 0.131. The molecule has 0 spiro atoms. The van der Waals surface area contributed by atoms with Crippen LogP contribution in [0.2, 0.25) is 0 Å². The fraction of sp³-hybridized carbons (Fsp3) is 0.381. The Morgan fingerprint density at radius 2 is 1.96 bits per heavy atom. The van der Waals surface area contributed by atoms with Crippen LogP contribution in [-0.2, 0) is 13.6 Å². The minimum Gasteiger partial charge on any atom is -0.344 e. The summed E-state index contributed by atoms with van der Waals surface area (Å²) >= 11 is 0. The molecule has 0 radical (unpaired) electrons. The number of aryl methyl sites for hydroxylation is 1. The molecule has 0 unspecified atom stereocenters. The zero-order chi connectivity index (χ0) is 19.8. The third-order valence-corrected chi connectivity index (χ3v) is 5.46. The number of benzene rings is 1. The third kappa shape index (κ3) is 3.17. The third-order valence-electron chi connectivity index (χ3n) is 5.46. The van der Waals surface area contributed by atoms with E-state index >= 15 is 0 Å². The second-order valence-corrected chi connectivity index (χ2v) is 7.68. The molecule has 1 fully saturated rings. The lowest BCUT2D eigenvalue weighted by atomic mass is 10.00. The number of nitrogens with one attached hydrogen (secondary N) is 1. The van der Waals surface area contributed by atoms with Crippen molar-refractivity contribution in [2.75, 3.05) is 13.1 Å². The van der Waals surface area contributed by atoms with Crippen molar-refractivity contribution in [3.05, 3.63) is 68.5 Å². The lowest BCUT2D eigenvalue weighted by molar-refractivity contribution is 0.0684. The molecule has 146 valence electrons. The summed E-state index contributed by atoms with van der Waals surface area (Å²) in [4.78, 5) is 43.3. The molecular weight excluding hydrogens is 356 g/mol. The van der Waals surface area contributed by atoms with Crippen LogP contribution in [-0.4, -0.2) is 38.0 Å². The average molecular weight is 380 g/mol. The molecule has 0 saturated carbocycles. The number of amides is 1. The standard InChI is InChI=1S/C21H24N4O3/c1-14-7-6-10-24(11-14)19(26)16-13-23(2)18-17(16)22-21(28)25(20(18)27)12-15-8-4-3-5-9-15/h3-5,8-9,13-14H,6-7,10-12H2,1-2H3,(H,22,28)/t14-/m1/s1. The highest BCUT2D eigenvalue weighted by Gasteiger charge is 2.26. The van der Waals surface area contributed by atoms with Crippen LogP contribution in [0.25, 0.3) is 11.0 Å². The Labute approximate surface area is 162 Å². The van der Waals surface area contributed by atoms with E-state index in [0.29, 0.717) is 35.6 Å². The number of carbonyl (C=O) groups is 1. The number of likely N-dealkylation sites (tertiary alicyclic amines) is 1. The van der Waals surface area contributed by atoms with Gasteiger partial charge in [-0.15, -0.1) is 0 Å². The number of fused-ring (bicyclic) bond motifs is 1. The van der Waals surface area contributed by atoms with Crippen molar-refractivity contribution in [3.8, 4) is 0 Å². The summed E-state index contributed by atoms with van der Waals surface area (Å²) in [6, 6.07) is 9.36. The van der Waals surface area contributed by atoms with E-state index in [-0.39, 0.29) is 12.5 Å². The van der Waals surface area contributed by atoms with Crippen molar-refractivity contribution in [2.24, 2.45) is 13.0 Å². The van der Waals surface area contributed by atoms with Gasteiger partial charge in [-0.3, -0.25) is 14.2 Å².